The van der Waals surface area contributed by atoms with E-state index in [1.165, 1.54) is 24.3 Å². The first-order valence-corrected chi connectivity index (χ1v) is 16.0. The second kappa shape index (κ2) is 16.2. The fraction of sp³-hybridized carbons (Fsp3) is 0.222. The molecule has 0 spiro atoms. The number of halogens is 5. The topological polar surface area (TPSA) is 101 Å². The van der Waals surface area contributed by atoms with E-state index in [-0.39, 0.29) is 36.2 Å². The third-order valence-electron chi connectivity index (χ3n) is 7.47. The molecule has 0 radical (unpaired) electrons. The molecule has 3 N–H and O–H groups in total. The van der Waals surface area contributed by atoms with E-state index in [0.717, 1.165) is 5.56 Å². The number of hydrazine groups is 1. The third-order valence-corrected chi connectivity index (χ3v) is 8.03. The van der Waals surface area contributed by atoms with Crippen LogP contribution in [0.1, 0.15) is 41.2 Å². The van der Waals surface area contributed by atoms with Gasteiger partial charge in [0.1, 0.15) is 11.5 Å². The number of carbonyl (C=O) groups excluding carboxylic acids is 1. The molecular weight excluding hydrogens is 682 g/mol. The van der Waals surface area contributed by atoms with Crippen LogP contribution < -0.4 is 20.3 Å². The number of amides is 1. The molecule has 5 rings (SSSR count). The van der Waals surface area contributed by atoms with Crippen LogP contribution in [0.15, 0.2) is 108 Å². The molecule has 0 saturated carbocycles. The molecule has 1 aliphatic rings. The molecule has 1 amide bonds. The molecule has 0 aliphatic carbocycles. The van der Waals surface area contributed by atoms with Gasteiger partial charge in [-0.2, -0.15) is 0 Å². The number of ether oxygens (including phenoxy) is 3. The monoisotopic (exact) mass is 713 g/mol. The van der Waals surface area contributed by atoms with Crippen molar-refractivity contribution in [3.05, 3.63) is 135 Å². The highest BCUT2D eigenvalue weighted by molar-refractivity contribution is 6.35. The Morgan fingerprint density at radius 1 is 0.980 bits per heavy atom. The normalized spacial score (nSPS) is 17.4. The highest BCUT2D eigenvalue weighted by atomic mass is 35.5. The Hall–Kier alpha value is -4.55. The van der Waals surface area contributed by atoms with Crippen LogP contribution in [0.4, 0.5) is 13.2 Å². The van der Waals surface area contributed by atoms with Crippen molar-refractivity contribution in [3.8, 4) is 11.5 Å². The van der Waals surface area contributed by atoms with Gasteiger partial charge in [-0.25, -0.2) is 10.4 Å². The minimum atomic E-state index is -4.81. The summed E-state index contributed by atoms with van der Waals surface area (Å²) < 4.78 is 53.8. The van der Waals surface area contributed by atoms with Crippen molar-refractivity contribution < 1.29 is 37.3 Å². The summed E-state index contributed by atoms with van der Waals surface area (Å²) in [5.41, 5.74) is 6.57. The first kappa shape index (κ1) is 35.7. The Morgan fingerprint density at radius 3 is 2.37 bits per heavy atom. The molecule has 1 heterocycles. The number of aliphatic hydroxyl groups excluding tert-OH is 1. The van der Waals surface area contributed by atoms with Gasteiger partial charge in [0.25, 0.3) is 5.91 Å². The smallest absolute Gasteiger partial charge is 0.494 e. The third kappa shape index (κ3) is 9.54. The molecule has 4 aromatic rings. The minimum absolute atomic E-state index is 0.0122. The molecule has 0 unspecified atom stereocenters. The number of hydrogen-bond donors (Lipinski definition) is 3. The molecule has 13 heteroatoms. The number of hydrogen-bond acceptors (Lipinski definition) is 7. The molecule has 8 nitrogen and oxygen atoms in total. The molecular formula is C36H32Cl2F3N3O5. The maximum Gasteiger partial charge on any atom is 0.573 e. The quantitative estimate of drug-likeness (QED) is 0.0910. The van der Waals surface area contributed by atoms with E-state index in [2.05, 4.69) is 15.6 Å². The number of benzene rings is 4. The molecule has 4 aromatic carbocycles. The SMILES string of the molecule is O=C(NNCc1ccc(OC(F)(F)F)cc1)[C@@]1(C/C=C/c2ccccc2)N=C(c2ccc(OCCCO)cc2)O[C@H]1c1ccc(Cl)cc1Cl. The van der Waals surface area contributed by atoms with Crippen molar-refractivity contribution in [2.45, 2.75) is 37.4 Å². The maximum atomic E-state index is 14.3. The van der Waals surface area contributed by atoms with E-state index >= 15 is 0 Å². The zero-order valence-corrected chi connectivity index (χ0v) is 27.4. The van der Waals surface area contributed by atoms with Crippen LogP contribution in [-0.4, -0.2) is 42.0 Å². The predicted molar refractivity (Wildman–Crippen MR) is 181 cm³/mol. The van der Waals surface area contributed by atoms with E-state index in [9.17, 15) is 18.0 Å². The van der Waals surface area contributed by atoms with Crippen molar-refractivity contribution in [2.24, 2.45) is 4.99 Å². The Bertz CT molecular complexity index is 1770. The molecule has 256 valence electrons. The van der Waals surface area contributed by atoms with E-state index in [1.807, 2.05) is 42.5 Å². The lowest BCUT2D eigenvalue weighted by Gasteiger charge is -2.30. The van der Waals surface area contributed by atoms with Gasteiger partial charge in [-0.3, -0.25) is 10.2 Å². The summed E-state index contributed by atoms with van der Waals surface area (Å²) in [7, 11) is 0. The lowest BCUT2D eigenvalue weighted by molar-refractivity contribution is -0.274. The molecule has 0 fully saturated rings. The van der Waals surface area contributed by atoms with E-state index < -0.39 is 23.9 Å². The molecule has 0 saturated heterocycles. The first-order chi connectivity index (χ1) is 23.6. The fourth-order valence-corrected chi connectivity index (χ4v) is 5.60. The van der Waals surface area contributed by atoms with E-state index in [4.69, 9.17) is 42.8 Å². The van der Waals surface area contributed by atoms with Crippen molar-refractivity contribution in [1.82, 2.24) is 10.9 Å². The Balaban J connectivity index is 1.46. The van der Waals surface area contributed by atoms with Gasteiger partial charge in [-0.15, -0.1) is 13.2 Å². The van der Waals surface area contributed by atoms with Gasteiger partial charge in [0.2, 0.25) is 5.90 Å². The summed E-state index contributed by atoms with van der Waals surface area (Å²) in [5, 5.41) is 9.73. The molecule has 2 atom stereocenters. The van der Waals surface area contributed by atoms with Crippen LogP contribution in [0.2, 0.25) is 10.0 Å². The second-order valence-electron chi connectivity index (χ2n) is 11.0. The number of rotatable bonds is 14. The summed E-state index contributed by atoms with van der Waals surface area (Å²) in [6.45, 7) is 0.438. The van der Waals surface area contributed by atoms with Gasteiger partial charge in [0.15, 0.2) is 11.6 Å². The number of nitrogens with one attached hydrogen (secondary N) is 2. The maximum absolute atomic E-state index is 14.3. The van der Waals surface area contributed by atoms with Crippen LogP contribution in [0, 0.1) is 0 Å². The van der Waals surface area contributed by atoms with Crippen molar-refractivity contribution >= 4 is 41.1 Å². The molecule has 0 aromatic heterocycles. The lowest BCUT2D eigenvalue weighted by Crippen LogP contribution is -2.52. The Labute approximate surface area is 291 Å². The number of aliphatic imine (C=N–C) groups is 1. The molecule has 0 bridgehead atoms. The summed E-state index contributed by atoms with van der Waals surface area (Å²) >= 11 is 12.9. The van der Waals surface area contributed by atoms with Crippen LogP contribution in [0.3, 0.4) is 0 Å². The lowest BCUT2D eigenvalue weighted by atomic mass is 9.84. The number of aliphatic hydroxyl groups is 1. The van der Waals surface area contributed by atoms with Gasteiger partial charge in [0, 0.05) is 47.2 Å². The Morgan fingerprint density at radius 2 is 1.69 bits per heavy atom. The first-order valence-electron chi connectivity index (χ1n) is 15.2. The van der Waals surface area contributed by atoms with Gasteiger partial charge in [-0.1, -0.05) is 83.9 Å². The average Bonchev–Trinajstić information content (AvgIpc) is 3.46. The van der Waals surface area contributed by atoms with Crippen LogP contribution in [-0.2, 0) is 16.1 Å². The zero-order valence-electron chi connectivity index (χ0n) is 25.9. The van der Waals surface area contributed by atoms with E-state index in [0.29, 0.717) is 40.5 Å². The number of alkyl halides is 3. The molecule has 49 heavy (non-hydrogen) atoms. The highest BCUT2D eigenvalue weighted by Crippen LogP contribution is 2.45. The largest absolute Gasteiger partial charge is 0.573 e. The van der Waals surface area contributed by atoms with Crippen LogP contribution in [0.25, 0.3) is 6.08 Å². The zero-order chi connectivity index (χ0) is 34.9. The second-order valence-corrected chi connectivity index (χ2v) is 11.8. The predicted octanol–water partition coefficient (Wildman–Crippen LogP) is 7.83. The van der Waals surface area contributed by atoms with Crippen LogP contribution >= 0.6 is 23.2 Å². The van der Waals surface area contributed by atoms with E-state index in [1.54, 1.807) is 42.5 Å². The highest BCUT2D eigenvalue weighted by Gasteiger charge is 2.53. The summed E-state index contributed by atoms with van der Waals surface area (Å²) in [6.07, 6.45) is -1.51. The fourth-order valence-electron chi connectivity index (χ4n) is 5.09. The van der Waals surface area contributed by atoms with Gasteiger partial charge in [0.05, 0.1) is 6.61 Å². The van der Waals surface area contributed by atoms with Crippen molar-refractivity contribution in [3.63, 3.8) is 0 Å². The molecule has 1 aliphatic heterocycles. The Kier molecular flexibility index (Phi) is 11.8. The summed E-state index contributed by atoms with van der Waals surface area (Å²) in [4.78, 5) is 19.2. The summed E-state index contributed by atoms with van der Waals surface area (Å²) in [5.74, 6) is -0.120. The van der Waals surface area contributed by atoms with Crippen molar-refractivity contribution in [2.75, 3.05) is 13.2 Å². The van der Waals surface area contributed by atoms with Crippen LogP contribution in [0.5, 0.6) is 11.5 Å². The van der Waals surface area contributed by atoms with Crippen molar-refractivity contribution in [1.29, 1.82) is 0 Å². The number of carbonyl (C=O) groups is 1. The minimum Gasteiger partial charge on any atom is -0.494 e. The standard InChI is InChI=1S/C36H32Cl2F3N3O5/c37-27-13-18-30(31(38)22-27)32-35(19-4-8-24-6-2-1-3-7-24,43-33(48-32)26-11-16-28(17-12-26)47-21-5-20-45)34(46)44-42-23-25-9-14-29(15-10-25)49-36(39,40)41/h1-4,6-18,22,32,42,45H,5,19-21,23H2,(H,44,46)/b8-4+/t32-,35-/m0/s1. The van der Waals surface area contributed by atoms with Gasteiger partial charge < -0.3 is 19.3 Å². The summed E-state index contributed by atoms with van der Waals surface area (Å²) in [6, 6.07) is 26.7. The average molecular weight is 715 g/mol. The van der Waals surface area contributed by atoms with Gasteiger partial charge >= 0.3 is 6.36 Å². The number of nitrogens with zero attached hydrogens (tertiary/aromatic N) is 1. The van der Waals surface area contributed by atoms with Gasteiger partial charge in [-0.05, 0) is 59.7 Å².